The first-order valence-electron chi connectivity index (χ1n) is 6.57. The normalized spacial score (nSPS) is 19.3. The van der Waals surface area contributed by atoms with Crippen molar-refractivity contribution in [1.82, 2.24) is 15.1 Å². The Morgan fingerprint density at radius 2 is 2.21 bits per heavy atom. The number of likely N-dealkylation sites (N-methyl/N-ethyl adjacent to an activating group) is 1. The van der Waals surface area contributed by atoms with Crippen molar-refractivity contribution in [2.24, 2.45) is 7.05 Å². The van der Waals surface area contributed by atoms with Crippen LogP contribution in [0.1, 0.15) is 35.3 Å². The van der Waals surface area contributed by atoms with Gasteiger partial charge in [-0.3, -0.25) is 14.3 Å². The van der Waals surface area contributed by atoms with Crippen LogP contribution in [0.3, 0.4) is 0 Å². The van der Waals surface area contributed by atoms with E-state index in [-0.39, 0.29) is 11.9 Å². The highest BCUT2D eigenvalue weighted by Crippen LogP contribution is 2.28. The number of aldehydes is 1. The van der Waals surface area contributed by atoms with E-state index >= 15 is 0 Å². The highest BCUT2D eigenvalue weighted by Gasteiger charge is 2.32. The third-order valence-electron chi connectivity index (χ3n) is 3.68. The van der Waals surface area contributed by atoms with Crippen molar-refractivity contribution in [2.75, 3.05) is 18.5 Å². The largest absolute Gasteiger partial charge is 0.357 e. The molecule has 0 bridgehead atoms. The fraction of sp³-hybridized carbons (Fsp3) is 0.615. The molecule has 0 saturated carbocycles. The monoisotopic (exact) mass is 264 g/mol. The number of hydrogen-bond donors (Lipinski definition) is 1. The van der Waals surface area contributed by atoms with Crippen LogP contribution in [0.15, 0.2) is 0 Å². The Bertz CT molecular complexity index is 495. The zero-order valence-corrected chi connectivity index (χ0v) is 11.6. The predicted molar refractivity (Wildman–Crippen MR) is 72.4 cm³/mol. The third kappa shape index (κ3) is 2.34. The second-order valence-corrected chi connectivity index (χ2v) is 4.88. The minimum atomic E-state index is -0.216. The van der Waals surface area contributed by atoms with Crippen molar-refractivity contribution in [3.8, 4) is 0 Å². The number of amides is 1. The molecule has 104 valence electrons. The van der Waals surface area contributed by atoms with Crippen LogP contribution in [-0.4, -0.2) is 41.6 Å². The lowest BCUT2D eigenvalue weighted by Gasteiger charge is -2.36. The van der Waals surface area contributed by atoms with Gasteiger partial charge in [0.2, 0.25) is 5.91 Å². The van der Waals surface area contributed by atoms with E-state index in [4.69, 9.17) is 0 Å². The first kappa shape index (κ1) is 13.6. The van der Waals surface area contributed by atoms with Crippen LogP contribution in [0.4, 0.5) is 5.82 Å². The summed E-state index contributed by atoms with van der Waals surface area (Å²) in [5.74, 6) is 0.746. The number of anilines is 1. The van der Waals surface area contributed by atoms with Crippen molar-refractivity contribution >= 4 is 18.0 Å². The van der Waals surface area contributed by atoms with Gasteiger partial charge in [0.05, 0.1) is 11.3 Å². The molecule has 1 atom stereocenters. The number of hydrogen-bond acceptors (Lipinski definition) is 4. The summed E-state index contributed by atoms with van der Waals surface area (Å²) in [5, 5.41) is 6.99. The van der Waals surface area contributed by atoms with E-state index in [9.17, 15) is 9.59 Å². The number of aromatic nitrogens is 2. The highest BCUT2D eigenvalue weighted by atomic mass is 16.2. The SMILES string of the molecule is CNC(=O)C1CCCCN1c1c(C=O)c(C)nn1C. The summed E-state index contributed by atoms with van der Waals surface area (Å²) in [6.45, 7) is 2.59. The fourth-order valence-electron chi connectivity index (χ4n) is 2.77. The van der Waals surface area contributed by atoms with E-state index in [0.29, 0.717) is 11.3 Å². The average molecular weight is 264 g/mol. The molecule has 1 aliphatic rings. The van der Waals surface area contributed by atoms with Crippen LogP contribution < -0.4 is 10.2 Å². The number of piperidine rings is 1. The summed E-state index contributed by atoms with van der Waals surface area (Å²) < 4.78 is 1.69. The molecule has 0 radical (unpaired) electrons. The van der Waals surface area contributed by atoms with Crippen LogP contribution in [0.25, 0.3) is 0 Å². The molecular weight excluding hydrogens is 244 g/mol. The van der Waals surface area contributed by atoms with E-state index in [1.165, 1.54) is 0 Å². The molecule has 1 aliphatic heterocycles. The summed E-state index contributed by atoms with van der Waals surface area (Å²) in [5.41, 5.74) is 1.28. The highest BCUT2D eigenvalue weighted by molar-refractivity contribution is 5.89. The van der Waals surface area contributed by atoms with E-state index < -0.39 is 0 Å². The van der Waals surface area contributed by atoms with E-state index in [0.717, 1.165) is 37.9 Å². The maximum Gasteiger partial charge on any atom is 0.242 e. The molecule has 0 aromatic carbocycles. The van der Waals surface area contributed by atoms with Crippen molar-refractivity contribution < 1.29 is 9.59 Å². The van der Waals surface area contributed by atoms with Gasteiger partial charge < -0.3 is 10.2 Å². The number of nitrogens with zero attached hydrogens (tertiary/aromatic N) is 3. The van der Waals surface area contributed by atoms with Gasteiger partial charge in [-0.25, -0.2) is 0 Å². The Hall–Kier alpha value is -1.85. The smallest absolute Gasteiger partial charge is 0.242 e. The molecule has 1 aromatic heterocycles. The first-order chi connectivity index (χ1) is 9.10. The molecule has 6 heteroatoms. The minimum absolute atomic E-state index is 0.00426. The zero-order valence-electron chi connectivity index (χ0n) is 11.6. The summed E-state index contributed by atoms with van der Waals surface area (Å²) in [6, 6.07) is -0.216. The van der Waals surface area contributed by atoms with E-state index in [1.54, 1.807) is 11.7 Å². The number of aryl methyl sites for hydroxylation is 2. The Morgan fingerprint density at radius 3 is 2.84 bits per heavy atom. The average Bonchev–Trinajstić information content (AvgIpc) is 2.71. The molecule has 2 rings (SSSR count). The minimum Gasteiger partial charge on any atom is -0.357 e. The summed E-state index contributed by atoms with van der Waals surface area (Å²) in [7, 11) is 3.45. The van der Waals surface area contributed by atoms with E-state index in [2.05, 4.69) is 10.4 Å². The van der Waals surface area contributed by atoms with Gasteiger partial charge in [0.1, 0.15) is 11.9 Å². The molecule has 1 N–H and O–H groups in total. The maximum absolute atomic E-state index is 12.0. The molecule has 1 amide bonds. The van der Waals surface area contributed by atoms with Gasteiger partial charge in [-0.2, -0.15) is 5.10 Å². The molecular formula is C13H20N4O2. The van der Waals surface area contributed by atoms with Crippen molar-refractivity contribution in [3.05, 3.63) is 11.3 Å². The Morgan fingerprint density at radius 1 is 1.47 bits per heavy atom. The van der Waals surface area contributed by atoms with Gasteiger partial charge in [-0.1, -0.05) is 0 Å². The van der Waals surface area contributed by atoms with Gasteiger partial charge >= 0.3 is 0 Å². The van der Waals surface area contributed by atoms with Crippen LogP contribution in [0.2, 0.25) is 0 Å². The van der Waals surface area contributed by atoms with Gasteiger partial charge in [0.15, 0.2) is 6.29 Å². The molecule has 6 nitrogen and oxygen atoms in total. The van der Waals surface area contributed by atoms with Crippen LogP contribution >= 0.6 is 0 Å². The number of rotatable bonds is 3. The van der Waals surface area contributed by atoms with Crippen molar-refractivity contribution in [1.29, 1.82) is 0 Å². The molecule has 1 fully saturated rings. The molecule has 0 spiro atoms. The maximum atomic E-state index is 12.0. The van der Waals surface area contributed by atoms with Crippen LogP contribution in [-0.2, 0) is 11.8 Å². The number of nitrogens with one attached hydrogen (secondary N) is 1. The first-order valence-corrected chi connectivity index (χ1v) is 6.57. The second-order valence-electron chi connectivity index (χ2n) is 4.88. The Labute approximate surface area is 112 Å². The summed E-state index contributed by atoms with van der Waals surface area (Å²) in [4.78, 5) is 25.3. The zero-order chi connectivity index (χ0) is 14.0. The lowest BCUT2D eigenvalue weighted by molar-refractivity contribution is -0.122. The van der Waals surface area contributed by atoms with Gasteiger partial charge in [-0.15, -0.1) is 0 Å². The van der Waals surface area contributed by atoms with Crippen LogP contribution in [0.5, 0.6) is 0 Å². The van der Waals surface area contributed by atoms with Gasteiger partial charge in [-0.05, 0) is 26.2 Å². The van der Waals surface area contributed by atoms with Crippen molar-refractivity contribution in [3.63, 3.8) is 0 Å². The molecule has 1 saturated heterocycles. The lowest BCUT2D eigenvalue weighted by atomic mass is 10.0. The molecule has 2 heterocycles. The standard InChI is InChI=1S/C13H20N4O2/c1-9-10(8-18)13(16(3)15-9)17-7-5-4-6-11(17)12(19)14-2/h8,11H,4-7H2,1-3H3,(H,14,19). The quantitative estimate of drug-likeness (QED) is 0.814. The molecule has 19 heavy (non-hydrogen) atoms. The van der Waals surface area contributed by atoms with Crippen molar-refractivity contribution in [2.45, 2.75) is 32.2 Å². The van der Waals surface area contributed by atoms with Gasteiger partial charge in [0, 0.05) is 20.6 Å². The predicted octanol–water partition coefficient (Wildman–Crippen LogP) is 0.646. The fourth-order valence-corrected chi connectivity index (χ4v) is 2.77. The van der Waals surface area contributed by atoms with Gasteiger partial charge in [0.25, 0.3) is 0 Å². The molecule has 1 aromatic rings. The van der Waals surface area contributed by atoms with Crippen LogP contribution in [0, 0.1) is 6.92 Å². The summed E-state index contributed by atoms with van der Waals surface area (Å²) >= 11 is 0. The molecule has 0 aliphatic carbocycles. The third-order valence-corrected chi connectivity index (χ3v) is 3.68. The number of carbonyl (C=O) groups is 2. The lowest BCUT2D eigenvalue weighted by Crippen LogP contribution is -2.49. The second kappa shape index (κ2) is 5.42. The summed E-state index contributed by atoms with van der Waals surface area (Å²) in [6.07, 6.45) is 3.69. The Balaban J connectivity index is 2.42. The van der Waals surface area contributed by atoms with E-state index in [1.807, 2.05) is 18.9 Å². The Kier molecular flexibility index (Phi) is 3.87. The molecule has 1 unspecified atom stereocenters. The number of carbonyl (C=O) groups excluding carboxylic acids is 2. The topological polar surface area (TPSA) is 67.2 Å².